The Kier molecular flexibility index (Phi) is 4.98. The van der Waals surface area contributed by atoms with Crippen LogP contribution in [0.25, 0.3) is 5.65 Å². The molecule has 1 saturated carbocycles. The van der Waals surface area contributed by atoms with Gasteiger partial charge in [0.1, 0.15) is 6.54 Å². The van der Waals surface area contributed by atoms with Crippen LogP contribution in [0.5, 0.6) is 0 Å². The number of imide groups is 1. The van der Waals surface area contributed by atoms with Crippen molar-refractivity contribution in [2.45, 2.75) is 24.8 Å². The van der Waals surface area contributed by atoms with Gasteiger partial charge in [-0.1, -0.05) is 17.7 Å². The first-order valence-electron chi connectivity index (χ1n) is 9.91. The zero-order valence-corrected chi connectivity index (χ0v) is 18.5. The van der Waals surface area contributed by atoms with E-state index in [4.69, 9.17) is 28.2 Å². The molecule has 1 aliphatic heterocycles. The first-order chi connectivity index (χ1) is 15.4. The van der Waals surface area contributed by atoms with Crippen molar-refractivity contribution < 1.29 is 9.59 Å². The number of hydrogen-bond donors (Lipinski definition) is 1. The van der Waals surface area contributed by atoms with Gasteiger partial charge in [-0.15, -0.1) is 16.8 Å². The van der Waals surface area contributed by atoms with Crippen LogP contribution in [0.1, 0.15) is 36.1 Å². The van der Waals surface area contributed by atoms with Crippen molar-refractivity contribution in [1.29, 1.82) is 0 Å². The second-order valence-corrected chi connectivity index (χ2v) is 8.43. The van der Waals surface area contributed by atoms with Crippen LogP contribution < -0.4 is 10.2 Å². The van der Waals surface area contributed by atoms with Crippen molar-refractivity contribution >= 4 is 52.3 Å². The first-order valence-corrected chi connectivity index (χ1v) is 10.7. The number of carbonyl (C=O) groups excluding carboxylic acids is 2. The van der Waals surface area contributed by atoms with E-state index in [-0.39, 0.29) is 34.7 Å². The quantitative estimate of drug-likeness (QED) is 0.432. The maximum atomic E-state index is 12.7. The standard InChI is InChI=1S/C20H18Cl2N8O2/c1-3-12(23-17-16(21)26-27-19(22)25-17)13-8-29-7-11(10-4-5-10)6-14(18(29)24-13)30-9-15(31)28(2)20(30)32/h3,6-8,10,12H,1,4-5,9H2,2H3,(H,23,25,27)/t12-/m1/s1. The molecule has 4 heterocycles. The van der Waals surface area contributed by atoms with Gasteiger partial charge in [0.15, 0.2) is 16.6 Å². The average Bonchev–Trinajstić information content (AvgIpc) is 3.49. The summed E-state index contributed by atoms with van der Waals surface area (Å²) in [6.07, 6.45) is 7.69. The molecule has 0 bridgehead atoms. The smallest absolute Gasteiger partial charge is 0.331 e. The van der Waals surface area contributed by atoms with Crippen LogP contribution in [0.15, 0.2) is 31.1 Å². The summed E-state index contributed by atoms with van der Waals surface area (Å²) < 4.78 is 1.87. The van der Waals surface area contributed by atoms with E-state index < -0.39 is 6.04 Å². The number of halogens is 2. The monoisotopic (exact) mass is 472 g/mol. The zero-order chi connectivity index (χ0) is 22.6. The Hall–Kier alpha value is -3.24. The number of imidazole rings is 1. The van der Waals surface area contributed by atoms with E-state index in [1.807, 2.05) is 22.9 Å². The highest BCUT2D eigenvalue weighted by Crippen LogP contribution is 2.42. The molecule has 0 unspecified atom stereocenters. The van der Waals surface area contributed by atoms with Gasteiger partial charge in [-0.25, -0.2) is 9.78 Å². The Labute approximate surface area is 192 Å². The summed E-state index contributed by atoms with van der Waals surface area (Å²) in [4.78, 5) is 36.2. The number of nitrogens with zero attached hydrogens (tertiary/aromatic N) is 7. The van der Waals surface area contributed by atoms with Crippen molar-refractivity contribution in [3.8, 4) is 0 Å². The fourth-order valence-corrected chi connectivity index (χ4v) is 3.94. The van der Waals surface area contributed by atoms with Crippen molar-refractivity contribution in [1.82, 2.24) is 29.5 Å². The number of nitrogens with one attached hydrogen (secondary N) is 1. The zero-order valence-electron chi connectivity index (χ0n) is 17.0. The maximum Gasteiger partial charge on any atom is 0.331 e. The molecule has 5 rings (SSSR count). The lowest BCUT2D eigenvalue weighted by atomic mass is 10.1. The highest BCUT2D eigenvalue weighted by atomic mass is 35.5. The summed E-state index contributed by atoms with van der Waals surface area (Å²) in [5.74, 6) is 0.427. The van der Waals surface area contributed by atoms with Crippen LogP contribution in [-0.2, 0) is 4.79 Å². The SMILES string of the molecule is C=C[C@@H](Nc1nc(Cl)nnc1Cl)c1cn2cc(C3CC3)cc(N3CC(=O)N(C)C3=O)c2n1. The number of hydrogen-bond acceptors (Lipinski definition) is 7. The van der Waals surface area contributed by atoms with E-state index in [1.54, 1.807) is 6.08 Å². The van der Waals surface area contributed by atoms with Crippen LogP contribution in [0.3, 0.4) is 0 Å². The van der Waals surface area contributed by atoms with Gasteiger partial charge in [0.2, 0.25) is 11.2 Å². The van der Waals surface area contributed by atoms with Crippen LogP contribution in [0, 0.1) is 0 Å². The number of likely N-dealkylation sites (N-methyl/N-ethyl adjacent to an activating group) is 1. The number of pyridine rings is 1. The second kappa shape index (κ2) is 7.72. The topological polar surface area (TPSA) is 109 Å². The second-order valence-electron chi connectivity index (χ2n) is 7.73. The molecule has 0 radical (unpaired) electrons. The van der Waals surface area contributed by atoms with Gasteiger partial charge in [0.05, 0.1) is 17.4 Å². The Bertz CT molecular complexity index is 1270. The summed E-state index contributed by atoms with van der Waals surface area (Å²) in [6.45, 7) is 3.85. The van der Waals surface area contributed by atoms with Crippen LogP contribution >= 0.6 is 23.2 Å². The Balaban J connectivity index is 1.58. The fourth-order valence-electron chi connectivity index (χ4n) is 3.68. The summed E-state index contributed by atoms with van der Waals surface area (Å²) in [5, 5.41) is 10.5. The lowest BCUT2D eigenvalue weighted by Crippen LogP contribution is -2.30. The Morgan fingerprint density at radius 2 is 2.00 bits per heavy atom. The molecule has 1 aliphatic carbocycles. The Morgan fingerprint density at radius 1 is 1.22 bits per heavy atom. The van der Waals surface area contributed by atoms with Crippen molar-refractivity contribution in [3.63, 3.8) is 0 Å². The van der Waals surface area contributed by atoms with Gasteiger partial charge in [-0.05, 0) is 42.0 Å². The van der Waals surface area contributed by atoms with Crippen LogP contribution in [0.2, 0.25) is 10.4 Å². The molecular weight excluding hydrogens is 455 g/mol. The molecular formula is C20H18Cl2N8O2. The van der Waals surface area contributed by atoms with Gasteiger partial charge in [-0.2, -0.15) is 4.98 Å². The number of anilines is 2. The molecule has 32 heavy (non-hydrogen) atoms. The molecule has 3 aromatic rings. The number of fused-ring (bicyclic) bond motifs is 1. The van der Waals surface area contributed by atoms with E-state index in [9.17, 15) is 9.59 Å². The summed E-state index contributed by atoms with van der Waals surface area (Å²) in [5.41, 5.74) is 2.87. The molecule has 164 valence electrons. The highest BCUT2D eigenvalue weighted by Gasteiger charge is 2.36. The predicted molar refractivity (Wildman–Crippen MR) is 119 cm³/mol. The number of carbonyl (C=O) groups is 2. The summed E-state index contributed by atoms with van der Waals surface area (Å²) in [6, 6.07) is 1.10. The minimum absolute atomic E-state index is 0.0227. The third-order valence-electron chi connectivity index (χ3n) is 5.56. The van der Waals surface area contributed by atoms with Crippen LogP contribution in [0.4, 0.5) is 16.3 Å². The van der Waals surface area contributed by atoms with Crippen molar-refractivity contribution in [2.75, 3.05) is 23.8 Å². The molecule has 1 atom stereocenters. The number of rotatable bonds is 6. The minimum atomic E-state index is -0.476. The molecule has 2 fully saturated rings. The molecule has 3 amide bonds. The highest BCUT2D eigenvalue weighted by molar-refractivity contribution is 6.32. The molecule has 12 heteroatoms. The largest absolute Gasteiger partial charge is 0.355 e. The molecule has 0 aromatic carbocycles. The van der Waals surface area contributed by atoms with Gasteiger partial charge < -0.3 is 9.72 Å². The summed E-state index contributed by atoms with van der Waals surface area (Å²) >= 11 is 11.9. The lowest BCUT2D eigenvalue weighted by molar-refractivity contribution is -0.123. The Morgan fingerprint density at radius 3 is 2.66 bits per heavy atom. The number of urea groups is 1. The normalized spacial score (nSPS) is 17.3. The van der Waals surface area contributed by atoms with E-state index in [2.05, 4.69) is 27.1 Å². The van der Waals surface area contributed by atoms with Crippen molar-refractivity contribution in [3.05, 3.63) is 52.8 Å². The predicted octanol–water partition coefficient (Wildman–Crippen LogP) is 3.44. The average molecular weight is 473 g/mol. The van der Waals surface area contributed by atoms with E-state index in [0.717, 1.165) is 23.3 Å². The molecule has 0 spiro atoms. The third-order valence-corrected chi connectivity index (χ3v) is 5.98. The van der Waals surface area contributed by atoms with E-state index in [0.29, 0.717) is 22.9 Å². The first kappa shape index (κ1) is 20.7. The molecule has 1 saturated heterocycles. The molecule has 3 aromatic heterocycles. The molecule has 10 nitrogen and oxygen atoms in total. The van der Waals surface area contributed by atoms with Gasteiger partial charge in [0.25, 0.3) is 0 Å². The van der Waals surface area contributed by atoms with Gasteiger partial charge >= 0.3 is 6.03 Å². The molecule has 2 aliphatic rings. The van der Waals surface area contributed by atoms with Gasteiger partial charge in [-0.3, -0.25) is 14.6 Å². The fraction of sp³-hybridized carbons (Fsp3) is 0.300. The lowest BCUT2D eigenvalue weighted by Gasteiger charge is -2.17. The molecule has 1 N–H and O–H groups in total. The van der Waals surface area contributed by atoms with E-state index in [1.165, 1.54) is 11.9 Å². The maximum absolute atomic E-state index is 12.7. The van der Waals surface area contributed by atoms with Gasteiger partial charge in [0, 0.05) is 19.4 Å². The minimum Gasteiger partial charge on any atom is -0.355 e. The number of amides is 3. The third kappa shape index (κ3) is 3.55. The van der Waals surface area contributed by atoms with Crippen LogP contribution in [-0.4, -0.2) is 55.0 Å². The van der Waals surface area contributed by atoms with Crippen molar-refractivity contribution in [2.24, 2.45) is 0 Å². The van der Waals surface area contributed by atoms with E-state index >= 15 is 0 Å². The number of aromatic nitrogens is 5. The summed E-state index contributed by atoms with van der Waals surface area (Å²) in [7, 11) is 1.48.